The molecule has 0 aromatic heterocycles. The molecule has 0 radical (unpaired) electrons. The van der Waals surface area contributed by atoms with Crippen molar-refractivity contribution in [2.24, 2.45) is 0 Å². The molecule has 0 unspecified atom stereocenters. The first-order chi connectivity index (χ1) is 14.2. The first-order valence-electron chi connectivity index (χ1n) is 10.1. The Bertz CT molecular complexity index is 870. The molecule has 29 heavy (non-hydrogen) atoms. The highest BCUT2D eigenvalue weighted by Crippen LogP contribution is 2.30. The predicted molar refractivity (Wildman–Crippen MR) is 118 cm³/mol. The lowest BCUT2D eigenvalue weighted by molar-refractivity contribution is -0.132. The second-order valence-electron chi connectivity index (χ2n) is 7.36. The molecular weight excluding hydrogens is 380 g/mol. The Morgan fingerprint density at radius 3 is 1.52 bits per heavy atom. The van der Waals surface area contributed by atoms with Gasteiger partial charge in [-0.2, -0.15) is 0 Å². The molecule has 0 saturated carbocycles. The number of carbonyl (C=O) groups is 1. The zero-order chi connectivity index (χ0) is 20.1. The van der Waals surface area contributed by atoms with E-state index in [-0.39, 0.29) is 11.9 Å². The fourth-order valence-electron chi connectivity index (χ4n) is 4.01. The molecular formula is C25H25ClN2O. The maximum absolute atomic E-state index is 12.9. The average Bonchev–Trinajstić information content (AvgIpc) is 2.81. The van der Waals surface area contributed by atoms with Crippen LogP contribution in [-0.4, -0.2) is 41.9 Å². The van der Waals surface area contributed by atoms with Gasteiger partial charge >= 0.3 is 0 Å². The highest BCUT2D eigenvalue weighted by atomic mass is 35.5. The molecule has 0 N–H and O–H groups in total. The van der Waals surface area contributed by atoms with E-state index in [1.165, 1.54) is 11.1 Å². The molecule has 0 bridgehead atoms. The van der Waals surface area contributed by atoms with E-state index in [0.29, 0.717) is 13.1 Å². The van der Waals surface area contributed by atoms with Gasteiger partial charge in [-0.25, -0.2) is 0 Å². The van der Waals surface area contributed by atoms with Crippen molar-refractivity contribution in [3.05, 3.63) is 108 Å². The van der Waals surface area contributed by atoms with Gasteiger partial charge in [0.1, 0.15) is 5.38 Å². The molecule has 4 rings (SSSR count). The number of piperazine rings is 1. The maximum Gasteiger partial charge on any atom is 0.245 e. The van der Waals surface area contributed by atoms with E-state index >= 15 is 0 Å². The topological polar surface area (TPSA) is 23.6 Å². The van der Waals surface area contributed by atoms with Gasteiger partial charge < -0.3 is 4.90 Å². The van der Waals surface area contributed by atoms with Gasteiger partial charge in [-0.1, -0.05) is 91.0 Å². The third-order valence-electron chi connectivity index (χ3n) is 5.53. The van der Waals surface area contributed by atoms with Crippen LogP contribution in [0, 0.1) is 0 Å². The summed E-state index contributed by atoms with van der Waals surface area (Å²) in [5.74, 6) is -0.00603. The highest BCUT2D eigenvalue weighted by Gasteiger charge is 2.30. The van der Waals surface area contributed by atoms with Crippen molar-refractivity contribution in [3.63, 3.8) is 0 Å². The Balaban J connectivity index is 1.48. The van der Waals surface area contributed by atoms with Gasteiger partial charge in [-0.3, -0.25) is 9.69 Å². The quantitative estimate of drug-likeness (QED) is 0.564. The Kier molecular flexibility index (Phi) is 6.28. The molecule has 0 spiro atoms. The molecule has 1 aliphatic rings. The van der Waals surface area contributed by atoms with Crippen molar-refractivity contribution in [1.29, 1.82) is 0 Å². The van der Waals surface area contributed by atoms with E-state index in [2.05, 4.69) is 53.4 Å². The molecule has 1 saturated heterocycles. The third kappa shape index (κ3) is 4.52. The lowest BCUT2D eigenvalue weighted by Gasteiger charge is -2.40. The van der Waals surface area contributed by atoms with Gasteiger partial charge in [-0.05, 0) is 16.7 Å². The molecule has 4 heteroatoms. The minimum absolute atomic E-state index is 0.00603. The Labute approximate surface area is 177 Å². The van der Waals surface area contributed by atoms with Gasteiger partial charge in [0.15, 0.2) is 0 Å². The van der Waals surface area contributed by atoms with Crippen LogP contribution in [0.5, 0.6) is 0 Å². The average molecular weight is 405 g/mol. The number of hydrogen-bond donors (Lipinski definition) is 0. The number of carbonyl (C=O) groups excluding carboxylic acids is 1. The maximum atomic E-state index is 12.9. The van der Waals surface area contributed by atoms with Gasteiger partial charge in [0.25, 0.3) is 0 Å². The van der Waals surface area contributed by atoms with Crippen LogP contribution in [-0.2, 0) is 4.79 Å². The minimum Gasteiger partial charge on any atom is -0.339 e. The van der Waals surface area contributed by atoms with E-state index in [9.17, 15) is 4.79 Å². The zero-order valence-electron chi connectivity index (χ0n) is 16.3. The van der Waals surface area contributed by atoms with E-state index in [1.807, 2.05) is 47.4 Å². The highest BCUT2D eigenvalue weighted by molar-refractivity contribution is 6.30. The first kappa shape index (κ1) is 19.7. The molecule has 3 aromatic carbocycles. The van der Waals surface area contributed by atoms with E-state index in [4.69, 9.17) is 11.6 Å². The van der Waals surface area contributed by atoms with Gasteiger partial charge in [0.2, 0.25) is 5.91 Å². The van der Waals surface area contributed by atoms with Crippen LogP contribution in [0.3, 0.4) is 0 Å². The fourth-order valence-corrected chi connectivity index (χ4v) is 4.29. The minimum atomic E-state index is -0.623. The number of rotatable bonds is 5. The van der Waals surface area contributed by atoms with E-state index < -0.39 is 5.38 Å². The summed E-state index contributed by atoms with van der Waals surface area (Å²) in [6, 6.07) is 30.9. The number of nitrogens with zero attached hydrogens (tertiary/aromatic N) is 2. The SMILES string of the molecule is O=C([C@H](Cl)c1ccccc1)N1CCN(C(c2ccccc2)c2ccccc2)CC1. The summed E-state index contributed by atoms with van der Waals surface area (Å²) in [6.45, 7) is 3.01. The van der Waals surface area contributed by atoms with Gasteiger partial charge in [0.05, 0.1) is 6.04 Å². The van der Waals surface area contributed by atoms with Crippen LogP contribution >= 0.6 is 11.6 Å². The van der Waals surface area contributed by atoms with Crippen molar-refractivity contribution < 1.29 is 4.79 Å². The van der Waals surface area contributed by atoms with Crippen LogP contribution in [0.25, 0.3) is 0 Å². The summed E-state index contributed by atoms with van der Waals surface area (Å²) in [7, 11) is 0. The van der Waals surface area contributed by atoms with Crippen LogP contribution in [0.2, 0.25) is 0 Å². The Hall–Kier alpha value is -2.62. The van der Waals surface area contributed by atoms with Gasteiger partial charge in [-0.15, -0.1) is 11.6 Å². The molecule has 1 aliphatic heterocycles. The van der Waals surface area contributed by atoms with Crippen molar-refractivity contribution in [2.75, 3.05) is 26.2 Å². The number of halogens is 1. The molecule has 0 aliphatic carbocycles. The largest absolute Gasteiger partial charge is 0.339 e. The van der Waals surface area contributed by atoms with Crippen LogP contribution in [0.1, 0.15) is 28.1 Å². The zero-order valence-corrected chi connectivity index (χ0v) is 17.1. The van der Waals surface area contributed by atoms with Crippen molar-refractivity contribution in [3.8, 4) is 0 Å². The summed E-state index contributed by atoms with van der Waals surface area (Å²) < 4.78 is 0. The summed E-state index contributed by atoms with van der Waals surface area (Å²) in [5, 5.41) is -0.623. The number of alkyl halides is 1. The van der Waals surface area contributed by atoms with E-state index in [1.54, 1.807) is 0 Å². The third-order valence-corrected chi connectivity index (χ3v) is 5.97. The molecule has 148 valence electrons. The first-order valence-corrected chi connectivity index (χ1v) is 10.5. The summed E-state index contributed by atoms with van der Waals surface area (Å²) in [4.78, 5) is 17.2. The molecule has 1 atom stereocenters. The van der Waals surface area contributed by atoms with Crippen LogP contribution in [0.4, 0.5) is 0 Å². The lowest BCUT2D eigenvalue weighted by Crippen LogP contribution is -2.50. The fraction of sp³-hybridized carbons (Fsp3) is 0.240. The lowest BCUT2D eigenvalue weighted by atomic mass is 9.96. The standard InChI is InChI=1S/C25H25ClN2O/c26-23(20-10-4-1-5-11-20)25(29)28-18-16-27(17-19-28)24(21-12-6-2-7-13-21)22-14-8-3-9-15-22/h1-15,23-24H,16-19H2/t23-/m1/s1. The Morgan fingerprint density at radius 2 is 1.07 bits per heavy atom. The molecule has 1 heterocycles. The summed E-state index contributed by atoms with van der Waals surface area (Å²) in [5.41, 5.74) is 3.41. The van der Waals surface area contributed by atoms with Crippen molar-refractivity contribution in [2.45, 2.75) is 11.4 Å². The van der Waals surface area contributed by atoms with E-state index in [0.717, 1.165) is 18.7 Å². The van der Waals surface area contributed by atoms with Crippen molar-refractivity contribution in [1.82, 2.24) is 9.80 Å². The number of benzene rings is 3. The predicted octanol–water partition coefficient (Wildman–Crippen LogP) is 4.90. The second-order valence-corrected chi connectivity index (χ2v) is 7.79. The van der Waals surface area contributed by atoms with Crippen LogP contribution in [0.15, 0.2) is 91.0 Å². The summed E-state index contributed by atoms with van der Waals surface area (Å²) in [6.07, 6.45) is 0. The normalized spacial score (nSPS) is 16.0. The Morgan fingerprint density at radius 1 is 0.655 bits per heavy atom. The second kappa shape index (κ2) is 9.25. The summed E-state index contributed by atoms with van der Waals surface area (Å²) >= 11 is 6.48. The van der Waals surface area contributed by atoms with Gasteiger partial charge in [0, 0.05) is 26.2 Å². The van der Waals surface area contributed by atoms with Crippen molar-refractivity contribution >= 4 is 17.5 Å². The monoisotopic (exact) mass is 404 g/mol. The number of amides is 1. The molecule has 3 nitrogen and oxygen atoms in total. The number of hydrogen-bond acceptors (Lipinski definition) is 2. The molecule has 1 fully saturated rings. The molecule has 3 aromatic rings. The molecule has 1 amide bonds. The smallest absolute Gasteiger partial charge is 0.245 e. The van der Waals surface area contributed by atoms with Crippen LogP contribution < -0.4 is 0 Å².